The maximum Gasteiger partial charge on any atom is 0.410 e. The van der Waals surface area contributed by atoms with E-state index >= 15 is 0 Å². The Labute approximate surface area is 105 Å². The van der Waals surface area contributed by atoms with E-state index in [0.29, 0.717) is 18.9 Å². The van der Waals surface area contributed by atoms with Crippen LogP contribution in [0.3, 0.4) is 0 Å². The summed E-state index contributed by atoms with van der Waals surface area (Å²) in [5, 5.41) is 6.34. The third-order valence-corrected chi connectivity index (χ3v) is 2.81. The second-order valence-corrected chi connectivity index (χ2v) is 5.53. The molecule has 1 aromatic rings. The van der Waals surface area contributed by atoms with Gasteiger partial charge in [0.05, 0.1) is 5.92 Å². The van der Waals surface area contributed by atoms with Crippen molar-refractivity contribution in [1.82, 2.24) is 19.7 Å². The van der Waals surface area contributed by atoms with Crippen molar-refractivity contribution in [2.75, 3.05) is 13.1 Å². The van der Waals surface area contributed by atoms with Crippen molar-refractivity contribution >= 4 is 6.09 Å². The lowest BCUT2D eigenvalue weighted by Crippen LogP contribution is -2.51. The molecule has 2 heterocycles. The highest BCUT2D eigenvalue weighted by Gasteiger charge is 2.37. The number of nitrogens with one attached hydrogen (secondary N) is 1. The average molecular weight is 254 g/mol. The van der Waals surface area contributed by atoms with Gasteiger partial charge in [0.15, 0.2) is 0 Å². The predicted octanol–water partition coefficient (Wildman–Crippen LogP) is 0.443. The van der Waals surface area contributed by atoms with Crippen LogP contribution in [-0.2, 0) is 11.8 Å². The molecule has 18 heavy (non-hydrogen) atoms. The van der Waals surface area contributed by atoms with Crippen molar-refractivity contribution in [3.63, 3.8) is 0 Å². The van der Waals surface area contributed by atoms with E-state index in [2.05, 4.69) is 10.2 Å². The Kier molecular flexibility index (Phi) is 2.92. The summed E-state index contributed by atoms with van der Waals surface area (Å²) in [6.45, 7) is 6.57. The molecule has 1 aliphatic heterocycles. The number of hydrogen-bond acceptors (Lipinski definition) is 4. The first-order valence-electron chi connectivity index (χ1n) is 5.87. The standard InChI is InChI=1S/C11H18N4O3/c1-11(2,3)18-10(17)15-5-7(6-15)8-12-13-9(16)14(8)4/h7H,5-6H2,1-4H3,(H,13,16). The number of aromatic nitrogens is 3. The highest BCUT2D eigenvalue weighted by molar-refractivity contribution is 5.69. The zero-order chi connectivity index (χ0) is 13.5. The first kappa shape index (κ1) is 12.7. The Hall–Kier alpha value is -1.79. The molecule has 0 unspecified atom stereocenters. The van der Waals surface area contributed by atoms with E-state index in [4.69, 9.17) is 4.74 Å². The second kappa shape index (κ2) is 4.15. The maximum atomic E-state index is 11.7. The number of hydrogen-bond donors (Lipinski definition) is 1. The van der Waals surface area contributed by atoms with E-state index in [1.165, 1.54) is 4.57 Å². The van der Waals surface area contributed by atoms with Gasteiger partial charge in [0.1, 0.15) is 11.4 Å². The number of carbonyl (C=O) groups excluding carboxylic acids is 1. The van der Waals surface area contributed by atoms with Gasteiger partial charge < -0.3 is 9.64 Å². The van der Waals surface area contributed by atoms with Crippen LogP contribution in [0.15, 0.2) is 4.79 Å². The molecule has 1 aromatic heterocycles. The molecule has 0 aliphatic carbocycles. The van der Waals surface area contributed by atoms with E-state index in [1.807, 2.05) is 20.8 Å². The molecular weight excluding hydrogens is 236 g/mol. The van der Waals surface area contributed by atoms with Crippen LogP contribution < -0.4 is 5.69 Å². The normalized spacial score (nSPS) is 16.6. The molecule has 0 bridgehead atoms. The van der Waals surface area contributed by atoms with Crippen molar-refractivity contribution in [3.8, 4) is 0 Å². The highest BCUT2D eigenvalue weighted by atomic mass is 16.6. The fourth-order valence-electron chi connectivity index (χ4n) is 1.84. The molecule has 1 amide bonds. The van der Waals surface area contributed by atoms with Crippen molar-refractivity contribution < 1.29 is 9.53 Å². The minimum Gasteiger partial charge on any atom is -0.444 e. The minimum atomic E-state index is -0.485. The Morgan fingerprint density at radius 3 is 2.50 bits per heavy atom. The first-order chi connectivity index (χ1) is 8.28. The molecule has 0 radical (unpaired) electrons. The maximum absolute atomic E-state index is 11.7. The van der Waals surface area contributed by atoms with Crippen LogP contribution in [0.5, 0.6) is 0 Å². The summed E-state index contributed by atoms with van der Waals surface area (Å²) in [5.41, 5.74) is -0.720. The van der Waals surface area contributed by atoms with Gasteiger partial charge in [-0.15, -0.1) is 0 Å². The van der Waals surface area contributed by atoms with Gasteiger partial charge in [-0.1, -0.05) is 0 Å². The molecule has 1 aliphatic rings. The third-order valence-electron chi connectivity index (χ3n) is 2.81. The van der Waals surface area contributed by atoms with E-state index < -0.39 is 5.60 Å². The van der Waals surface area contributed by atoms with Crippen LogP contribution in [0, 0.1) is 0 Å². The Morgan fingerprint density at radius 2 is 2.06 bits per heavy atom. The quantitative estimate of drug-likeness (QED) is 0.788. The summed E-state index contributed by atoms with van der Waals surface area (Å²) in [4.78, 5) is 24.5. The molecule has 0 saturated carbocycles. The third kappa shape index (κ3) is 2.39. The van der Waals surface area contributed by atoms with Crippen LogP contribution in [-0.4, -0.2) is 44.4 Å². The second-order valence-electron chi connectivity index (χ2n) is 5.53. The largest absolute Gasteiger partial charge is 0.444 e. The van der Waals surface area contributed by atoms with Gasteiger partial charge in [0, 0.05) is 20.1 Å². The van der Waals surface area contributed by atoms with Crippen molar-refractivity contribution in [1.29, 1.82) is 0 Å². The number of H-pyrrole nitrogens is 1. The molecule has 1 N–H and O–H groups in total. The summed E-state index contributed by atoms with van der Waals surface area (Å²) in [5.74, 6) is 0.779. The Morgan fingerprint density at radius 1 is 1.44 bits per heavy atom. The fraction of sp³-hybridized carbons (Fsp3) is 0.727. The van der Waals surface area contributed by atoms with Crippen molar-refractivity contribution in [2.45, 2.75) is 32.3 Å². The van der Waals surface area contributed by atoms with Gasteiger partial charge in [-0.05, 0) is 20.8 Å². The highest BCUT2D eigenvalue weighted by Crippen LogP contribution is 2.26. The zero-order valence-corrected chi connectivity index (χ0v) is 11.1. The molecule has 0 atom stereocenters. The van der Waals surface area contributed by atoms with Crippen molar-refractivity contribution in [3.05, 3.63) is 16.3 Å². The molecule has 0 spiro atoms. The SMILES string of the molecule is Cn1c(C2CN(C(=O)OC(C)(C)C)C2)n[nH]c1=O. The zero-order valence-electron chi connectivity index (χ0n) is 11.1. The lowest BCUT2D eigenvalue weighted by atomic mass is 10.00. The average Bonchev–Trinajstić information content (AvgIpc) is 2.44. The van der Waals surface area contributed by atoms with E-state index in [-0.39, 0.29) is 17.7 Å². The summed E-state index contributed by atoms with van der Waals surface area (Å²) < 4.78 is 6.72. The van der Waals surface area contributed by atoms with Gasteiger partial charge in [-0.2, -0.15) is 5.10 Å². The number of carbonyl (C=O) groups is 1. The molecule has 1 fully saturated rings. The topological polar surface area (TPSA) is 80.2 Å². The summed E-state index contributed by atoms with van der Waals surface area (Å²) in [7, 11) is 1.66. The van der Waals surface area contributed by atoms with Gasteiger partial charge in [-0.3, -0.25) is 4.57 Å². The summed E-state index contributed by atoms with van der Waals surface area (Å²) in [6, 6.07) is 0. The van der Waals surface area contributed by atoms with Crippen LogP contribution in [0.2, 0.25) is 0 Å². The summed E-state index contributed by atoms with van der Waals surface area (Å²) >= 11 is 0. The molecule has 2 rings (SSSR count). The fourth-order valence-corrected chi connectivity index (χ4v) is 1.84. The molecular formula is C11H18N4O3. The predicted molar refractivity (Wildman–Crippen MR) is 64.4 cm³/mol. The van der Waals surface area contributed by atoms with Gasteiger partial charge >= 0.3 is 11.8 Å². The van der Waals surface area contributed by atoms with E-state index in [9.17, 15) is 9.59 Å². The number of likely N-dealkylation sites (tertiary alicyclic amines) is 1. The molecule has 7 nitrogen and oxygen atoms in total. The number of nitrogens with zero attached hydrogens (tertiary/aromatic N) is 3. The van der Waals surface area contributed by atoms with Gasteiger partial charge in [0.25, 0.3) is 0 Å². The molecule has 7 heteroatoms. The smallest absolute Gasteiger partial charge is 0.410 e. The van der Waals surface area contributed by atoms with Crippen LogP contribution >= 0.6 is 0 Å². The first-order valence-corrected chi connectivity index (χ1v) is 5.87. The number of amides is 1. The minimum absolute atomic E-state index is 0.0986. The molecule has 100 valence electrons. The number of ether oxygens (including phenoxy) is 1. The van der Waals surface area contributed by atoms with E-state index in [1.54, 1.807) is 11.9 Å². The Balaban J connectivity index is 1.93. The van der Waals surface area contributed by atoms with Crippen LogP contribution in [0.25, 0.3) is 0 Å². The lowest BCUT2D eigenvalue weighted by Gasteiger charge is -2.38. The van der Waals surface area contributed by atoms with Gasteiger partial charge in [0.2, 0.25) is 0 Å². The van der Waals surface area contributed by atoms with Gasteiger partial charge in [-0.25, -0.2) is 14.7 Å². The summed E-state index contributed by atoms with van der Waals surface area (Å²) in [6.07, 6.45) is -0.320. The molecule has 0 aromatic carbocycles. The Bertz CT molecular complexity index is 505. The van der Waals surface area contributed by atoms with E-state index in [0.717, 1.165) is 0 Å². The monoisotopic (exact) mass is 254 g/mol. The van der Waals surface area contributed by atoms with Crippen LogP contribution in [0.1, 0.15) is 32.5 Å². The lowest BCUT2D eigenvalue weighted by molar-refractivity contribution is 0.00726. The number of aromatic amines is 1. The number of rotatable bonds is 1. The molecule has 1 saturated heterocycles. The van der Waals surface area contributed by atoms with Crippen LogP contribution in [0.4, 0.5) is 4.79 Å². The van der Waals surface area contributed by atoms with Crippen molar-refractivity contribution in [2.24, 2.45) is 7.05 Å².